The van der Waals surface area contributed by atoms with Crippen molar-refractivity contribution in [2.24, 2.45) is 5.41 Å². The Labute approximate surface area is 147 Å². The van der Waals surface area contributed by atoms with Gasteiger partial charge in [-0.3, -0.25) is 10.0 Å². The Kier molecular flexibility index (Phi) is 4.78. The van der Waals surface area contributed by atoms with Gasteiger partial charge in [-0.2, -0.15) is 0 Å². The van der Waals surface area contributed by atoms with Gasteiger partial charge in [0, 0.05) is 0 Å². The van der Waals surface area contributed by atoms with Crippen LogP contribution in [-0.4, -0.2) is 44.5 Å². The molecule has 1 atom stereocenters. The van der Waals surface area contributed by atoms with Crippen molar-refractivity contribution < 1.29 is 23.2 Å². The van der Waals surface area contributed by atoms with Crippen molar-refractivity contribution in [3.05, 3.63) is 24.3 Å². The van der Waals surface area contributed by atoms with Crippen LogP contribution < -0.4 is 15.5 Å². The molecule has 2 fully saturated rings. The standard InChI is InChI=1S/C17H24N2O5S/c1-24-13-2-4-14(5-3-13)25(22,23)17(15(20)19-21)7-6-16(12-17)8-10-18-11-9-16/h2-5,18,21H,6-12H2,1H3,(H,19,20). The Balaban J connectivity index is 2.02. The van der Waals surface area contributed by atoms with Gasteiger partial charge in [0.1, 0.15) is 5.75 Å². The Morgan fingerprint density at radius 1 is 1.16 bits per heavy atom. The Bertz CT molecular complexity index is 741. The topological polar surface area (TPSA) is 105 Å². The summed E-state index contributed by atoms with van der Waals surface area (Å²) in [4.78, 5) is 12.6. The number of carbonyl (C=O) groups excluding carboxylic acids is 1. The molecule has 138 valence electrons. The summed E-state index contributed by atoms with van der Waals surface area (Å²) in [5, 5.41) is 12.5. The highest BCUT2D eigenvalue weighted by Crippen LogP contribution is 2.54. The Morgan fingerprint density at radius 2 is 1.80 bits per heavy atom. The van der Waals surface area contributed by atoms with Crippen LogP contribution in [0.4, 0.5) is 0 Å². The number of ether oxygens (including phenoxy) is 1. The number of hydrogen-bond donors (Lipinski definition) is 3. The van der Waals surface area contributed by atoms with Crippen LogP contribution in [0.5, 0.6) is 5.75 Å². The molecule has 1 aliphatic heterocycles. The number of hydrogen-bond acceptors (Lipinski definition) is 6. The third kappa shape index (κ3) is 2.92. The third-order valence-electron chi connectivity index (χ3n) is 5.78. The van der Waals surface area contributed by atoms with E-state index in [1.807, 2.05) is 0 Å². The first-order valence-corrected chi connectivity index (χ1v) is 9.91. The summed E-state index contributed by atoms with van der Waals surface area (Å²) < 4.78 is 30.1. The molecule has 0 radical (unpaired) electrons. The maximum atomic E-state index is 13.4. The van der Waals surface area contributed by atoms with E-state index >= 15 is 0 Å². The van der Waals surface area contributed by atoms with E-state index in [1.54, 1.807) is 17.6 Å². The number of piperidine rings is 1. The zero-order chi connectivity index (χ0) is 18.1. The van der Waals surface area contributed by atoms with Crippen molar-refractivity contribution in [3.63, 3.8) is 0 Å². The Morgan fingerprint density at radius 3 is 2.36 bits per heavy atom. The monoisotopic (exact) mass is 368 g/mol. The van der Waals surface area contributed by atoms with Gasteiger partial charge < -0.3 is 10.1 Å². The van der Waals surface area contributed by atoms with Gasteiger partial charge in [0.2, 0.25) is 0 Å². The van der Waals surface area contributed by atoms with E-state index < -0.39 is 20.5 Å². The molecule has 1 aromatic rings. The lowest BCUT2D eigenvalue weighted by atomic mass is 9.77. The fourth-order valence-corrected chi connectivity index (χ4v) is 6.36. The van der Waals surface area contributed by atoms with Gasteiger partial charge in [0.25, 0.3) is 5.91 Å². The number of nitrogens with one attached hydrogen (secondary N) is 2. The second kappa shape index (κ2) is 6.59. The predicted molar refractivity (Wildman–Crippen MR) is 91.2 cm³/mol. The summed E-state index contributed by atoms with van der Waals surface area (Å²) in [6.07, 6.45) is 2.80. The van der Waals surface area contributed by atoms with Crippen molar-refractivity contribution in [2.45, 2.75) is 41.7 Å². The molecule has 1 aliphatic carbocycles. The zero-order valence-corrected chi connectivity index (χ0v) is 15.1. The second-order valence-electron chi connectivity index (χ2n) is 7.04. The van der Waals surface area contributed by atoms with Crippen molar-refractivity contribution in [1.82, 2.24) is 10.8 Å². The molecule has 0 bridgehead atoms. The molecule has 3 N–H and O–H groups in total. The minimum Gasteiger partial charge on any atom is -0.497 e. The van der Waals surface area contributed by atoms with Gasteiger partial charge in [0.15, 0.2) is 14.6 Å². The summed E-state index contributed by atoms with van der Waals surface area (Å²) in [5.41, 5.74) is 1.44. The number of methoxy groups -OCH3 is 1. The highest BCUT2D eigenvalue weighted by atomic mass is 32.2. The van der Waals surface area contributed by atoms with Crippen LogP contribution in [0, 0.1) is 5.41 Å². The van der Waals surface area contributed by atoms with Crippen LogP contribution in [0.1, 0.15) is 32.1 Å². The number of amides is 1. The average Bonchev–Trinajstić information content (AvgIpc) is 3.02. The van der Waals surface area contributed by atoms with Crippen molar-refractivity contribution >= 4 is 15.7 Å². The average molecular weight is 368 g/mol. The fraction of sp³-hybridized carbons (Fsp3) is 0.588. The maximum absolute atomic E-state index is 13.4. The molecule has 1 aromatic carbocycles. The number of carbonyl (C=O) groups is 1. The summed E-state index contributed by atoms with van der Waals surface area (Å²) in [7, 11) is -2.46. The summed E-state index contributed by atoms with van der Waals surface area (Å²) >= 11 is 0. The molecule has 1 unspecified atom stereocenters. The molecule has 1 spiro atoms. The van der Waals surface area contributed by atoms with Crippen LogP contribution in [0.2, 0.25) is 0 Å². The van der Waals surface area contributed by atoms with Crippen molar-refractivity contribution in [2.75, 3.05) is 20.2 Å². The molecule has 0 aromatic heterocycles. The van der Waals surface area contributed by atoms with E-state index in [0.717, 1.165) is 25.9 Å². The lowest BCUT2D eigenvalue weighted by molar-refractivity contribution is -0.132. The van der Waals surface area contributed by atoms with Crippen LogP contribution in [0.25, 0.3) is 0 Å². The molecule has 1 heterocycles. The van der Waals surface area contributed by atoms with Gasteiger partial charge >= 0.3 is 0 Å². The van der Waals surface area contributed by atoms with Crippen LogP contribution >= 0.6 is 0 Å². The van der Waals surface area contributed by atoms with Crippen LogP contribution in [0.3, 0.4) is 0 Å². The maximum Gasteiger partial charge on any atom is 0.265 e. The summed E-state index contributed by atoms with van der Waals surface area (Å²) in [6, 6.07) is 6.03. The van der Waals surface area contributed by atoms with E-state index in [2.05, 4.69) is 5.32 Å². The van der Waals surface area contributed by atoms with E-state index in [9.17, 15) is 18.4 Å². The minimum absolute atomic E-state index is 0.0721. The number of rotatable bonds is 4. The van der Waals surface area contributed by atoms with E-state index in [-0.39, 0.29) is 23.2 Å². The number of hydroxylamine groups is 1. The largest absolute Gasteiger partial charge is 0.497 e. The minimum atomic E-state index is -3.96. The van der Waals surface area contributed by atoms with Gasteiger partial charge in [-0.15, -0.1) is 0 Å². The molecule has 25 heavy (non-hydrogen) atoms. The van der Waals surface area contributed by atoms with Crippen molar-refractivity contribution in [3.8, 4) is 5.75 Å². The predicted octanol–water partition coefficient (Wildman–Crippen LogP) is 1.27. The van der Waals surface area contributed by atoms with Gasteiger partial charge in [-0.05, 0) is 74.9 Å². The number of sulfone groups is 1. The number of benzene rings is 1. The van der Waals surface area contributed by atoms with Crippen LogP contribution in [-0.2, 0) is 14.6 Å². The first-order valence-electron chi connectivity index (χ1n) is 8.43. The molecule has 8 heteroatoms. The molecule has 2 aliphatic rings. The molecule has 3 rings (SSSR count). The molecule has 1 amide bonds. The smallest absolute Gasteiger partial charge is 0.265 e. The first-order chi connectivity index (χ1) is 11.9. The summed E-state index contributed by atoms with van der Waals surface area (Å²) in [5.74, 6) is -0.292. The van der Waals surface area contributed by atoms with Crippen LogP contribution in [0.15, 0.2) is 29.2 Å². The highest BCUT2D eigenvalue weighted by molar-refractivity contribution is 7.93. The highest BCUT2D eigenvalue weighted by Gasteiger charge is 2.60. The Hall–Kier alpha value is -1.64. The lowest BCUT2D eigenvalue weighted by Crippen LogP contribution is -2.51. The molecular formula is C17H24N2O5S. The SMILES string of the molecule is COc1ccc(S(=O)(=O)C2(C(=O)NO)CCC3(CCNCC3)C2)cc1. The second-order valence-corrected chi connectivity index (χ2v) is 9.30. The summed E-state index contributed by atoms with van der Waals surface area (Å²) in [6.45, 7) is 1.64. The zero-order valence-electron chi connectivity index (χ0n) is 14.2. The first kappa shape index (κ1) is 18.2. The molecular weight excluding hydrogens is 344 g/mol. The molecule has 1 saturated carbocycles. The van der Waals surface area contributed by atoms with Crippen molar-refractivity contribution in [1.29, 1.82) is 0 Å². The van der Waals surface area contributed by atoms with Gasteiger partial charge in [-0.25, -0.2) is 13.9 Å². The van der Waals surface area contributed by atoms with Gasteiger partial charge in [-0.1, -0.05) is 0 Å². The van der Waals surface area contributed by atoms with E-state index in [0.29, 0.717) is 12.2 Å². The van der Waals surface area contributed by atoms with E-state index in [1.165, 1.54) is 19.2 Å². The quantitative estimate of drug-likeness (QED) is 0.546. The lowest BCUT2D eigenvalue weighted by Gasteiger charge is -2.36. The third-order valence-corrected chi connectivity index (χ3v) is 8.24. The molecule has 7 nitrogen and oxygen atoms in total. The fourth-order valence-electron chi connectivity index (χ4n) is 4.26. The molecule has 1 saturated heterocycles. The van der Waals surface area contributed by atoms with E-state index in [4.69, 9.17) is 4.74 Å². The van der Waals surface area contributed by atoms with Gasteiger partial charge in [0.05, 0.1) is 12.0 Å². The normalized spacial score (nSPS) is 25.7.